The van der Waals surface area contributed by atoms with E-state index in [9.17, 15) is 22.8 Å². The van der Waals surface area contributed by atoms with E-state index in [4.69, 9.17) is 21.1 Å². The average molecular weight is 605 g/mol. The number of hydrogen-bond donors (Lipinski definition) is 1. The highest BCUT2D eigenvalue weighted by Gasteiger charge is 2.35. The van der Waals surface area contributed by atoms with Crippen LogP contribution in [0.1, 0.15) is 42.7 Å². The third kappa shape index (κ3) is 5.65. The van der Waals surface area contributed by atoms with Crippen LogP contribution in [0.2, 0.25) is 5.15 Å². The fraction of sp³-hybridized carbons (Fsp3) is 0.231. The van der Waals surface area contributed by atoms with E-state index in [1.54, 1.807) is 19.1 Å². The van der Waals surface area contributed by atoms with Gasteiger partial charge < -0.3 is 14.4 Å². The van der Waals surface area contributed by atoms with Crippen molar-refractivity contribution in [2.24, 2.45) is 0 Å². The van der Waals surface area contributed by atoms with Crippen molar-refractivity contribution in [3.63, 3.8) is 0 Å². The number of carbonyl (C=O) groups is 2. The average Bonchev–Trinajstić information content (AvgIpc) is 3.50. The monoisotopic (exact) mass is 604 g/mol. The Hall–Kier alpha value is -4.30. The number of thiazole rings is 1. The molecular formula is C26H20ClF3N6O4S. The molecule has 41 heavy (non-hydrogen) atoms. The zero-order valence-electron chi connectivity index (χ0n) is 21.7. The number of aryl methyl sites for hydroxylation is 1. The standard InChI is InChI=1S/C26H20ClF3N6O4S/c1-12-6-14(15-7-21(27)32-9-18(15)39-2)16(8-31-12)22(37)35-25-33-17-10-36(11-19(17)41-25)24(38)13-4-5-20(26(28,29)30)34-23(13)40-3/h4-9H,10-11H2,1-3H3,(H,33,35,37). The van der Waals surface area contributed by atoms with Crippen molar-refractivity contribution in [1.29, 1.82) is 0 Å². The first-order valence-electron chi connectivity index (χ1n) is 11.9. The van der Waals surface area contributed by atoms with E-state index >= 15 is 0 Å². The van der Waals surface area contributed by atoms with Gasteiger partial charge in [0.2, 0.25) is 5.88 Å². The van der Waals surface area contributed by atoms with Crippen LogP contribution >= 0.6 is 22.9 Å². The number of alkyl halides is 3. The number of nitrogens with one attached hydrogen (secondary N) is 1. The number of ether oxygens (including phenoxy) is 2. The molecule has 0 aliphatic carbocycles. The first kappa shape index (κ1) is 28.2. The van der Waals surface area contributed by atoms with Crippen molar-refractivity contribution in [2.75, 3.05) is 19.5 Å². The van der Waals surface area contributed by atoms with E-state index < -0.39 is 29.6 Å². The lowest BCUT2D eigenvalue weighted by Crippen LogP contribution is -2.26. The van der Waals surface area contributed by atoms with E-state index in [0.29, 0.717) is 33.4 Å². The minimum atomic E-state index is -4.68. The van der Waals surface area contributed by atoms with E-state index in [-0.39, 0.29) is 29.4 Å². The second-order valence-corrected chi connectivity index (χ2v) is 10.3. The minimum Gasteiger partial charge on any atom is -0.494 e. The molecule has 1 aliphatic rings. The molecule has 0 radical (unpaired) electrons. The Morgan fingerprint density at radius 1 is 1.02 bits per heavy atom. The highest BCUT2D eigenvalue weighted by Crippen LogP contribution is 2.36. The maximum Gasteiger partial charge on any atom is 0.433 e. The summed E-state index contributed by atoms with van der Waals surface area (Å²) in [4.78, 5) is 44.7. The maximum absolute atomic E-state index is 13.3. The summed E-state index contributed by atoms with van der Waals surface area (Å²) in [7, 11) is 2.63. The molecule has 10 nitrogen and oxygen atoms in total. The molecule has 4 aromatic heterocycles. The Morgan fingerprint density at radius 3 is 2.49 bits per heavy atom. The number of pyridine rings is 3. The normalized spacial score (nSPS) is 12.7. The van der Waals surface area contributed by atoms with Crippen LogP contribution in [0, 0.1) is 6.92 Å². The second-order valence-electron chi connectivity index (χ2n) is 8.83. The van der Waals surface area contributed by atoms with Crippen LogP contribution < -0.4 is 14.8 Å². The highest BCUT2D eigenvalue weighted by atomic mass is 35.5. The molecule has 0 saturated heterocycles. The van der Waals surface area contributed by atoms with Gasteiger partial charge in [-0.05, 0) is 31.2 Å². The molecule has 5 heterocycles. The van der Waals surface area contributed by atoms with E-state index in [1.165, 1.54) is 35.7 Å². The molecule has 4 aromatic rings. The summed E-state index contributed by atoms with van der Waals surface area (Å²) in [6, 6.07) is 5.10. The molecule has 0 spiro atoms. The largest absolute Gasteiger partial charge is 0.494 e. The SMILES string of the molecule is COc1cnc(Cl)cc1-c1cc(C)ncc1C(=O)Nc1nc2c(s1)CN(C(=O)c1ccc(C(F)(F)F)nc1OC)C2. The number of amides is 2. The lowest BCUT2D eigenvalue weighted by Gasteiger charge is -2.17. The topological polar surface area (TPSA) is 119 Å². The zero-order valence-corrected chi connectivity index (χ0v) is 23.2. The van der Waals surface area contributed by atoms with Crippen LogP contribution in [0.3, 0.4) is 0 Å². The van der Waals surface area contributed by atoms with Crippen molar-refractivity contribution in [1.82, 2.24) is 24.8 Å². The van der Waals surface area contributed by atoms with E-state index in [2.05, 4.69) is 25.3 Å². The van der Waals surface area contributed by atoms with Gasteiger partial charge in [0.25, 0.3) is 11.8 Å². The predicted molar refractivity (Wildman–Crippen MR) is 143 cm³/mol. The molecule has 0 aromatic carbocycles. The van der Waals surface area contributed by atoms with Gasteiger partial charge in [0.05, 0.1) is 49.6 Å². The van der Waals surface area contributed by atoms with Crippen LogP contribution in [-0.4, -0.2) is 50.9 Å². The van der Waals surface area contributed by atoms with Crippen LogP contribution in [0.5, 0.6) is 11.6 Å². The molecule has 1 N–H and O–H groups in total. The fourth-order valence-electron chi connectivity index (χ4n) is 4.24. The molecule has 1 aliphatic heterocycles. The number of fused-ring (bicyclic) bond motifs is 1. The van der Waals surface area contributed by atoms with Crippen LogP contribution in [0.4, 0.5) is 18.3 Å². The number of carbonyl (C=O) groups excluding carboxylic acids is 2. The van der Waals surface area contributed by atoms with E-state index in [1.807, 2.05) is 0 Å². The predicted octanol–water partition coefficient (Wildman–Crippen LogP) is 5.40. The van der Waals surface area contributed by atoms with Gasteiger partial charge in [0.15, 0.2) is 5.13 Å². The third-order valence-corrected chi connectivity index (χ3v) is 7.37. The van der Waals surface area contributed by atoms with Crippen LogP contribution in [0.15, 0.2) is 36.7 Å². The van der Waals surface area contributed by atoms with Gasteiger partial charge in [-0.25, -0.2) is 15.0 Å². The quantitative estimate of drug-likeness (QED) is 0.291. The summed E-state index contributed by atoms with van der Waals surface area (Å²) in [5, 5.41) is 3.32. The summed E-state index contributed by atoms with van der Waals surface area (Å²) in [6.45, 7) is 2.03. The van der Waals surface area contributed by atoms with Crippen LogP contribution in [-0.2, 0) is 19.3 Å². The van der Waals surface area contributed by atoms with Gasteiger partial charge in [-0.2, -0.15) is 13.2 Å². The summed E-state index contributed by atoms with van der Waals surface area (Å²) in [6.07, 6.45) is -1.77. The van der Waals surface area contributed by atoms with Gasteiger partial charge >= 0.3 is 6.18 Å². The molecule has 0 fully saturated rings. The molecule has 2 amide bonds. The summed E-state index contributed by atoms with van der Waals surface area (Å²) >= 11 is 7.29. The number of rotatable bonds is 6. The Labute approximate surface area is 240 Å². The summed E-state index contributed by atoms with van der Waals surface area (Å²) in [5.41, 5.74) is 1.32. The lowest BCUT2D eigenvalue weighted by molar-refractivity contribution is -0.141. The third-order valence-electron chi connectivity index (χ3n) is 6.16. The van der Waals surface area contributed by atoms with Gasteiger partial charge in [0, 0.05) is 23.0 Å². The zero-order chi connectivity index (χ0) is 29.5. The Morgan fingerprint density at radius 2 is 1.80 bits per heavy atom. The summed E-state index contributed by atoms with van der Waals surface area (Å²) < 4.78 is 49.4. The molecule has 212 valence electrons. The van der Waals surface area contributed by atoms with Crippen molar-refractivity contribution >= 4 is 39.9 Å². The Balaban J connectivity index is 1.34. The van der Waals surface area contributed by atoms with Gasteiger partial charge in [0.1, 0.15) is 22.2 Å². The van der Waals surface area contributed by atoms with Crippen molar-refractivity contribution in [3.8, 4) is 22.8 Å². The molecule has 5 rings (SSSR count). The molecular weight excluding hydrogens is 585 g/mol. The first-order valence-corrected chi connectivity index (χ1v) is 13.1. The lowest BCUT2D eigenvalue weighted by atomic mass is 10.0. The molecule has 0 bridgehead atoms. The number of methoxy groups -OCH3 is 2. The second kappa shape index (κ2) is 10.9. The summed E-state index contributed by atoms with van der Waals surface area (Å²) in [5.74, 6) is -1.02. The number of aromatic nitrogens is 4. The maximum atomic E-state index is 13.3. The van der Waals surface area contributed by atoms with Crippen molar-refractivity contribution in [3.05, 3.63) is 74.9 Å². The van der Waals surface area contributed by atoms with Gasteiger partial charge in [-0.15, -0.1) is 0 Å². The molecule has 0 saturated carbocycles. The van der Waals surface area contributed by atoms with Crippen molar-refractivity contribution < 1.29 is 32.2 Å². The highest BCUT2D eigenvalue weighted by molar-refractivity contribution is 7.16. The molecule has 0 atom stereocenters. The Kier molecular flexibility index (Phi) is 7.53. The van der Waals surface area contributed by atoms with E-state index in [0.717, 1.165) is 24.1 Å². The Bertz CT molecular complexity index is 1660. The molecule has 0 unspecified atom stereocenters. The molecule has 15 heteroatoms. The van der Waals surface area contributed by atoms with Gasteiger partial charge in [-0.1, -0.05) is 22.9 Å². The number of anilines is 1. The first-order chi connectivity index (χ1) is 19.5. The smallest absolute Gasteiger partial charge is 0.433 e. The van der Waals surface area contributed by atoms with Crippen LogP contribution in [0.25, 0.3) is 11.1 Å². The van der Waals surface area contributed by atoms with Gasteiger partial charge in [-0.3, -0.25) is 19.9 Å². The minimum absolute atomic E-state index is 0.0920. The number of nitrogens with zero attached hydrogens (tertiary/aromatic N) is 5. The fourth-order valence-corrected chi connectivity index (χ4v) is 5.38. The number of halogens is 4. The number of hydrogen-bond acceptors (Lipinski definition) is 9. The van der Waals surface area contributed by atoms with Crippen molar-refractivity contribution in [2.45, 2.75) is 26.2 Å².